The minimum Gasteiger partial charge on any atom is -0.349 e. The van der Waals surface area contributed by atoms with Crippen molar-refractivity contribution >= 4 is 17.5 Å². The van der Waals surface area contributed by atoms with Gasteiger partial charge in [-0.1, -0.05) is 6.07 Å². The lowest BCUT2D eigenvalue weighted by atomic mass is 9.72. The summed E-state index contributed by atoms with van der Waals surface area (Å²) < 4.78 is 14.5. The van der Waals surface area contributed by atoms with Crippen LogP contribution in [0.4, 0.5) is 16.0 Å². The van der Waals surface area contributed by atoms with Gasteiger partial charge in [-0.15, -0.1) is 0 Å². The number of nitrogens with zero attached hydrogens (tertiary/aromatic N) is 5. The molecule has 3 N–H and O–H groups in total. The Balaban J connectivity index is 1.16. The number of anilines is 2. The van der Waals surface area contributed by atoms with Gasteiger partial charge in [-0.3, -0.25) is 9.89 Å². The van der Waals surface area contributed by atoms with Gasteiger partial charge in [0.05, 0.1) is 18.4 Å². The molecule has 1 aliphatic rings. The van der Waals surface area contributed by atoms with E-state index in [9.17, 15) is 9.18 Å². The maximum atomic E-state index is 13.2. The number of nitrogens with one attached hydrogen (secondary N) is 3. The SMILES string of the molecule is Cc1cc(Nc2cc(C)[nH]n2)nc(C2CC(C(=O)N[C@H](C)c3ccc(-n4cc(F)cn4)nc3)C2)c1. The summed E-state index contributed by atoms with van der Waals surface area (Å²) in [5, 5.41) is 17.4. The molecule has 1 amide bonds. The van der Waals surface area contributed by atoms with Crippen molar-refractivity contribution in [2.24, 2.45) is 5.92 Å². The van der Waals surface area contributed by atoms with Gasteiger partial charge in [-0.2, -0.15) is 10.2 Å². The van der Waals surface area contributed by atoms with E-state index in [0.29, 0.717) is 5.82 Å². The van der Waals surface area contributed by atoms with Gasteiger partial charge in [0, 0.05) is 35.5 Å². The van der Waals surface area contributed by atoms with Crippen LogP contribution in [0.3, 0.4) is 0 Å². The number of hydrogen-bond acceptors (Lipinski definition) is 6. The third-order valence-electron chi connectivity index (χ3n) is 6.29. The standard InChI is InChI=1S/C25H27FN8O/c1-14-6-21(30-22(7-14)31-23-8-15(2)32-33-23)18-9-19(10-18)25(35)29-16(3)17-4-5-24(27-11-17)34-13-20(26)12-28-34/h4-8,11-13,16,18-19H,9-10H2,1-3H3,(H,29,35)(H2,30,31,32,33)/t16-,18?,19?/m1/s1. The number of carbonyl (C=O) groups excluding carboxylic acids is 1. The van der Waals surface area contributed by atoms with Crippen LogP contribution in [0, 0.1) is 25.6 Å². The van der Waals surface area contributed by atoms with Crippen molar-refractivity contribution in [2.75, 3.05) is 5.32 Å². The zero-order valence-electron chi connectivity index (χ0n) is 19.8. The first-order valence-electron chi connectivity index (χ1n) is 11.6. The number of aromatic nitrogens is 6. The van der Waals surface area contributed by atoms with E-state index in [4.69, 9.17) is 4.98 Å². The number of aryl methyl sites for hydroxylation is 2. The number of pyridine rings is 2. The van der Waals surface area contributed by atoms with E-state index in [2.05, 4.69) is 37.0 Å². The zero-order valence-corrected chi connectivity index (χ0v) is 19.8. The molecule has 5 rings (SSSR count). The van der Waals surface area contributed by atoms with Gasteiger partial charge < -0.3 is 10.6 Å². The van der Waals surface area contributed by atoms with Gasteiger partial charge in [0.25, 0.3) is 0 Å². The first kappa shape index (κ1) is 22.7. The lowest BCUT2D eigenvalue weighted by Gasteiger charge is -2.35. The topological polar surface area (TPSA) is 113 Å². The monoisotopic (exact) mass is 474 g/mol. The molecule has 4 aromatic heterocycles. The normalized spacial score (nSPS) is 18.1. The molecule has 35 heavy (non-hydrogen) atoms. The third kappa shape index (κ3) is 5.06. The second-order valence-electron chi connectivity index (χ2n) is 9.16. The first-order valence-corrected chi connectivity index (χ1v) is 11.6. The fourth-order valence-corrected chi connectivity index (χ4v) is 4.28. The zero-order chi connectivity index (χ0) is 24.5. The molecular weight excluding hydrogens is 447 g/mol. The van der Waals surface area contributed by atoms with Gasteiger partial charge in [0.1, 0.15) is 5.82 Å². The van der Waals surface area contributed by atoms with E-state index in [0.717, 1.165) is 53.2 Å². The maximum Gasteiger partial charge on any atom is 0.223 e. The smallest absolute Gasteiger partial charge is 0.223 e. The fourth-order valence-electron chi connectivity index (χ4n) is 4.28. The highest BCUT2D eigenvalue weighted by Gasteiger charge is 2.36. The summed E-state index contributed by atoms with van der Waals surface area (Å²) in [6.07, 6.45) is 5.60. The number of hydrogen-bond donors (Lipinski definition) is 3. The Morgan fingerprint density at radius 3 is 2.66 bits per heavy atom. The summed E-state index contributed by atoms with van der Waals surface area (Å²) in [4.78, 5) is 21.9. The Labute approximate surface area is 202 Å². The molecule has 0 aromatic carbocycles. The van der Waals surface area contributed by atoms with Gasteiger partial charge >= 0.3 is 0 Å². The van der Waals surface area contributed by atoms with E-state index in [1.54, 1.807) is 12.3 Å². The van der Waals surface area contributed by atoms with E-state index in [-0.39, 0.29) is 23.8 Å². The molecule has 1 fully saturated rings. The van der Waals surface area contributed by atoms with Crippen molar-refractivity contribution in [3.8, 4) is 5.82 Å². The molecule has 9 nitrogen and oxygen atoms in total. The van der Waals surface area contributed by atoms with Crippen LogP contribution in [0.2, 0.25) is 0 Å². The van der Waals surface area contributed by atoms with Crippen LogP contribution in [0.5, 0.6) is 0 Å². The Kier molecular flexibility index (Phi) is 6.02. The molecule has 180 valence electrons. The molecule has 0 saturated heterocycles. The highest BCUT2D eigenvalue weighted by molar-refractivity contribution is 5.80. The summed E-state index contributed by atoms with van der Waals surface area (Å²) in [5.41, 5.74) is 3.95. The van der Waals surface area contributed by atoms with Gasteiger partial charge in [-0.05, 0) is 62.9 Å². The molecule has 10 heteroatoms. The van der Waals surface area contributed by atoms with Gasteiger partial charge in [-0.25, -0.2) is 19.0 Å². The lowest BCUT2D eigenvalue weighted by molar-refractivity contribution is -0.128. The largest absolute Gasteiger partial charge is 0.349 e. The van der Waals surface area contributed by atoms with Crippen LogP contribution in [-0.2, 0) is 4.79 Å². The van der Waals surface area contributed by atoms with E-state index < -0.39 is 5.82 Å². The summed E-state index contributed by atoms with van der Waals surface area (Å²) in [6.45, 7) is 5.91. The van der Waals surface area contributed by atoms with E-state index in [1.165, 1.54) is 10.9 Å². The molecule has 0 spiro atoms. The summed E-state index contributed by atoms with van der Waals surface area (Å²) >= 11 is 0. The number of aromatic amines is 1. The number of halogens is 1. The van der Waals surface area contributed by atoms with Crippen LogP contribution in [0.25, 0.3) is 5.82 Å². The predicted molar refractivity (Wildman–Crippen MR) is 129 cm³/mol. The molecule has 0 bridgehead atoms. The minimum absolute atomic E-state index is 0.0324. The van der Waals surface area contributed by atoms with Crippen molar-refractivity contribution in [3.63, 3.8) is 0 Å². The van der Waals surface area contributed by atoms with Crippen LogP contribution < -0.4 is 10.6 Å². The summed E-state index contributed by atoms with van der Waals surface area (Å²) in [7, 11) is 0. The average molecular weight is 475 g/mol. The van der Waals surface area contributed by atoms with Crippen molar-refractivity contribution in [3.05, 3.63) is 77.3 Å². The van der Waals surface area contributed by atoms with Crippen LogP contribution >= 0.6 is 0 Å². The predicted octanol–water partition coefficient (Wildman–Crippen LogP) is 4.26. The van der Waals surface area contributed by atoms with E-state index in [1.807, 2.05) is 39.0 Å². The highest BCUT2D eigenvalue weighted by Crippen LogP contribution is 2.42. The highest BCUT2D eigenvalue weighted by atomic mass is 19.1. The van der Waals surface area contributed by atoms with E-state index >= 15 is 0 Å². The molecule has 0 radical (unpaired) electrons. The molecule has 0 unspecified atom stereocenters. The Morgan fingerprint density at radius 2 is 2.00 bits per heavy atom. The molecule has 4 aromatic rings. The fraction of sp³-hybridized carbons (Fsp3) is 0.320. The molecule has 4 heterocycles. The van der Waals surface area contributed by atoms with Gasteiger partial charge in [0.2, 0.25) is 5.91 Å². The quantitative estimate of drug-likeness (QED) is 0.369. The number of carbonyl (C=O) groups is 1. The van der Waals surface area contributed by atoms with Crippen molar-refractivity contribution in [1.29, 1.82) is 0 Å². The first-order chi connectivity index (χ1) is 16.8. The van der Waals surface area contributed by atoms with Crippen LogP contribution in [-0.4, -0.2) is 35.9 Å². The molecular formula is C25H27FN8O. The average Bonchev–Trinajstić information content (AvgIpc) is 3.40. The molecule has 1 aliphatic carbocycles. The Morgan fingerprint density at radius 1 is 1.17 bits per heavy atom. The third-order valence-corrected chi connectivity index (χ3v) is 6.29. The number of amides is 1. The minimum atomic E-state index is -0.420. The van der Waals surface area contributed by atoms with Crippen molar-refractivity contribution in [2.45, 2.75) is 45.6 Å². The second-order valence-corrected chi connectivity index (χ2v) is 9.16. The lowest BCUT2D eigenvalue weighted by Crippen LogP contribution is -2.39. The molecule has 0 aliphatic heterocycles. The Bertz CT molecular complexity index is 1340. The second kappa shape index (κ2) is 9.28. The number of H-pyrrole nitrogens is 1. The molecule has 1 atom stereocenters. The van der Waals surface area contributed by atoms with Crippen molar-refractivity contribution < 1.29 is 9.18 Å². The number of rotatable bonds is 7. The Hall–Kier alpha value is -4.08. The summed E-state index contributed by atoms with van der Waals surface area (Å²) in [5.74, 6) is 1.81. The summed E-state index contributed by atoms with van der Waals surface area (Å²) in [6, 6.07) is 9.42. The van der Waals surface area contributed by atoms with Gasteiger partial charge in [0.15, 0.2) is 17.5 Å². The van der Waals surface area contributed by atoms with Crippen LogP contribution in [0.1, 0.15) is 54.2 Å². The maximum absolute atomic E-state index is 13.2. The van der Waals surface area contributed by atoms with Crippen LogP contribution in [0.15, 0.2) is 48.9 Å². The van der Waals surface area contributed by atoms with Crippen molar-refractivity contribution in [1.82, 2.24) is 35.3 Å². The molecule has 1 saturated carbocycles.